The molecule has 6 nitrogen and oxygen atoms in total. The van der Waals surface area contributed by atoms with Crippen LogP contribution in [-0.2, 0) is 15.7 Å². The Hall–Kier alpha value is -3.75. The number of nitrogens with one attached hydrogen (secondary N) is 1. The monoisotopic (exact) mass is 494 g/mol. The van der Waals surface area contributed by atoms with Crippen molar-refractivity contribution < 1.29 is 22.7 Å². The molecule has 36 heavy (non-hydrogen) atoms. The van der Waals surface area contributed by atoms with E-state index in [-0.39, 0.29) is 5.97 Å². The summed E-state index contributed by atoms with van der Waals surface area (Å²) in [7, 11) is 1.43. The van der Waals surface area contributed by atoms with Gasteiger partial charge in [0.05, 0.1) is 41.8 Å². The normalized spacial score (nSPS) is 18.3. The van der Waals surface area contributed by atoms with E-state index >= 15 is 0 Å². The van der Waals surface area contributed by atoms with Crippen molar-refractivity contribution in [2.24, 2.45) is 5.92 Å². The molecule has 1 saturated carbocycles. The SMILES string of the molecule is COC(=O)CC1CCC(c2ccc(-c3cnc(-c4nc5ccc(C(F)(F)F)cc5[nH]4)cn3)cc2)CC1. The zero-order valence-electron chi connectivity index (χ0n) is 19.7. The molecule has 0 saturated heterocycles. The Kier molecular flexibility index (Phi) is 6.47. The summed E-state index contributed by atoms with van der Waals surface area (Å²) in [5, 5.41) is 0. The summed E-state index contributed by atoms with van der Waals surface area (Å²) in [5.74, 6) is 1.11. The van der Waals surface area contributed by atoms with Gasteiger partial charge in [0.15, 0.2) is 5.82 Å². The largest absolute Gasteiger partial charge is 0.469 e. The number of ether oxygens (including phenoxy) is 1. The molecule has 1 aliphatic rings. The van der Waals surface area contributed by atoms with Crippen molar-refractivity contribution >= 4 is 17.0 Å². The molecular weight excluding hydrogens is 469 g/mol. The van der Waals surface area contributed by atoms with Crippen molar-refractivity contribution in [3.05, 3.63) is 66.0 Å². The van der Waals surface area contributed by atoms with Crippen LogP contribution in [0.5, 0.6) is 0 Å². The summed E-state index contributed by atoms with van der Waals surface area (Å²) in [4.78, 5) is 27.7. The van der Waals surface area contributed by atoms with Gasteiger partial charge in [-0.15, -0.1) is 0 Å². The number of rotatable bonds is 5. The second kappa shape index (κ2) is 9.72. The number of aromatic nitrogens is 4. The number of H-pyrrole nitrogens is 1. The number of halogens is 3. The third-order valence-electron chi connectivity index (χ3n) is 6.91. The topological polar surface area (TPSA) is 80.8 Å². The van der Waals surface area contributed by atoms with Gasteiger partial charge in [-0.3, -0.25) is 9.78 Å². The highest BCUT2D eigenvalue weighted by Gasteiger charge is 2.31. The van der Waals surface area contributed by atoms with Gasteiger partial charge >= 0.3 is 12.1 Å². The lowest BCUT2D eigenvalue weighted by atomic mass is 9.77. The molecule has 1 aliphatic carbocycles. The molecule has 186 valence electrons. The van der Waals surface area contributed by atoms with E-state index in [1.165, 1.54) is 18.7 Å². The maximum atomic E-state index is 13.0. The molecule has 0 bridgehead atoms. The number of fused-ring (bicyclic) bond motifs is 1. The van der Waals surface area contributed by atoms with E-state index < -0.39 is 11.7 Å². The van der Waals surface area contributed by atoms with E-state index in [1.807, 2.05) is 12.1 Å². The van der Waals surface area contributed by atoms with Crippen molar-refractivity contribution in [2.75, 3.05) is 7.11 Å². The lowest BCUT2D eigenvalue weighted by Gasteiger charge is -2.28. The fraction of sp³-hybridized carbons (Fsp3) is 0.333. The third kappa shape index (κ3) is 5.10. The molecule has 1 N–H and O–H groups in total. The van der Waals surface area contributed by atoms with Crippen molar-refractivity contribution in [2.45, 2.75) is 44.2 Å². The number of aromatic amines is 1. The van der Waals surface area contributed by atoms with Crippen LogP contribution in [0.3, 0.4) is 0 Å². The zero-order valence-corrected chi connectivity index (χ0v) is 19.7. The Balaban J connectivity index is 1.26. The number of benzene rings is 2. The first-order valence-corrected chi connectivity index (χ1v) is 11.9. The fourth-order valence-electron chi connectivity index (χ4n) is 4.85. The summed E-state index contributed by atoms with van der Waals surface area (Å²) >= 11 is 0. The third-order valence-corrected chi connectivity index (χ3v) is 6.91. The average Bonchev–Trinajstić information content (AvgIpc) is 3.32. The van der Waals surface area contributed by atoms with Crippen LogP contribution in [0.1, 0.15) is 49.1 Å². The maximum absolute atomic E-state index is 13.0. The molecule has 0 radical (unpaired) electrons. The van der Waals surface area contributed by atoms with E-state index in [4.69, 9.17) is 4.74 Å². The highest BCUT2D eigenvalue weighted by atomic mass is 19.4. The van der Waals surface area contributed by atoms with Gasteiger partial charge in [-0.2, -0.15) is 13.2 Å². The van der Waals surface area contributed by atoms with Crippen LogP contribution >= 0.6 is 0 Å². The first kappa shape index (κ1) is 24.0. The molecule has 0 unspecified atom stereocenters. The van der Waals surface area contributed by atoms with E-state index in [9.17, 15) is 18.0 Å². The van der Waals surface area contributed by atoms with E-state index in [1.54, 1.807) is 12.4 Å². The van der Waals surface area contributed by atoms with E-state index in [2.05, 4.69) is 32.1 Å². The van der Waals surface area contributed by atoms with Crippen LogP contribution in [0.25, 0.3) is 33.8 Å². The highest BCUT2D eigenvalue weighted by molar-refractivity contribution is 5.79. The van der Waals surface area contributed by atoms with Gasteiger partial charge in [0.1, 0.15) is 5.69 Å². The Bertz CT molecular complexity index is 1360. The molecule has 2 heterocycles. The molecule has 0 amide bonds. The minimum Gasteiger partial charge on any atom is -0.469 e. The van der Waals surface area contributed by atoms with Crippen molar-refractivity contribution in [3.63, 3.8) is 0 Å². The summed E-state index contributed by atoms with van der Waals surface area (Å²) in [6, 6.07) is 11.7. The summed E-state index contributed by atoms with van der Waals surface area (Å²) < 4.78 is 43.7. The Morgan fingerprint density at radius 2 is 1.69 bits per heavy atom. The summed E-state index contributed by atoms with van der Waals surface area (Å²) in [5.41, 5.74) is 3.34. The second-order valence-corrected chi connectivity index (χ2v) is 9.22. The van der Waals surface area contributed by atoms with E-state index in [0.717, 1.165) is 43.4 Å². The van der Waals surface area contributed by atoms with Crippen LogP contribution in [0, 0.1) is 5.92 Å². The molecule has 4 aromatic rings. The van der Waals surface area contributed by atoms with Crippen LogP contribution in [0.15, 0.2) is 54.9 Å². The van der Waals surface area contributed by atoms with Gasteiger partial charge in [0, 0.05) is 12.0 Å². The number of carbonyl (C=O) groups excluding carboxylic acids is 1. The fourth-order valence-corrected chi connectivity index (χ4v) is 4.85. The Morgan fingerprint density at radius 3 is 2.33 bits per heavy atom. The van der Waals surface area contributed by atoms with Gasteiger partial charge < -0.3 is 9.72 Å². The van der Waals surface area contributed by atoms with Gasteiger partial charge in [-0.05, 0) is 61.3 Å². The highest BCUT2D eigenvalue weighted by Crippen LogP contribution is 2.38. The summed E-state index contributed by atoms with van der Waals surface area (Å²) in [6.45, 7) is 0. The van der Waals surface area contributed by atoms with Crippen LogP contribution in [0.2, 0.25) is 0 Å². The van der Waals surface area contributed by atoms with Crippen molar-refractivity contribution in [1.82, 2.24) is 19.9 Å². The van der Waals surface area contributed by atoms with Gasteiger partial charge in [-0.1, -0.05) is 24.3 Å². The first-order chi connectivity index (χ1) is 17.3. The molecular formula is C27H25F3N4O2. The first-order valence-electron chi connectivity index (χ1n) is 11.9. The Morgan fingerprint density at radius 1 is 1.00 bits per heavy atom. The minimum absolute atomic E-state index is 0.133. The van der Waals surface area contributed by atoms with Crippen molar-refractivity contribution in [3.8, 4) is 22.8 Å². The van der Waals surface area contributed by atoms with Crippen LogP contribution in [-0.4, -0.2) is 33.0 Å². The molecule has 1 fully saturated rings. The number of imidazole rings is 1. The molecule has 2 aromatic carbocycles. The average molecular weight is 495 g/mol. The second-order valence-electron chi connectivity index (χ2n) is 9.22. The molecule has 5 rings (SSSR count). The number of hydrogen-bond donors (Lipinski definition) is 1. The zero-order chi connectivity index (χ0) is 25.3. The lowest BCUT2D eigenvalue weighted by molar-refractivity contribution is -0.142. The molecule has 0 spiro atoms. The number of nitrogens with zero attached hydrogens (tertiary/aromatic N) is 3. The van der Waals surface area contributed by atoms with E-state index in [0.29, 0.717) is 46.5 Å². The minimum atomic E-state index is -4.42. The van der Waals surface area contributed by atoms with Gasteiger partial charge in [0.25, 0.3) is 0 Å². The van der Waals surface area contributed by atoms with Crippen molar-refractivity contribution in [1.29, 1.82) is 0 Å². The van der Waals surface area contributed by atoms with Crippen LogP contribution in [0.4, 0.5) is 13.2 Å². The van der Waals surface area contributed by atoms with Gasteiger partial charge in [0.2, 0.25) is 0 Å². The maximum Gasteiger partial charge on any atom is 0.416 e. The number of esters is 1. The molecule has 0 atom stereocenters. The molecule has 9 heteroatoms. The Labute approximate surface area is 206 Å². The number of alkyl halides is 3. The molecule has 0 aliphatic heterocycles. The summed E-state index contributed by atoms with van der Waals surface area (Å²) in [6.07, 6.45) is 3.43. The smallest absolute Gasteiger partial charge is 0.416 e. The number of methoxy groups -OCH3 is 1. The quantitative estimate of drug-likeness (QED) is 0.319. The predicted molar refractivity (Wildman–Crippen MR) is 129 cm³/mol. The number of hydrogen-bond acceptors (Lipinski definition) is 5. The lowest BCUT2D eigenvalue weighted by Crippen LogP contribution is -2.17. The van der Waals surface area contributed by atoms with Gasteiger partial charge in [-0.25, -0.2) is 9.97 Å². The predicted octanol–water partition coefficient (Wildman–Crippen LogP) is 6.54. The van der Waals surface area contributed by atoms with Crippen LogP contribution < -0.4 is 0 Å². The standard InChI is InChI=1S/C27H25F3N4O2/c1-36-25(35)12-16-2-4-17(5-3-16)18-6-8-19(9-7-18)23-14-32-24(15-31-23)26-33-21-11-10-20(27(28,29)30)13-22(21)34-26/h6-11,13-17H,2-5,12H2,1H3,(H,33,34). The number of carbonyl (C=O) groups is 1. The molecule has 2 aromatic heterocycles.